The van der Waals surface area contributed by atoms with Gasteiger partial charge in [-0.3, -0.25) is 14.5 Å². The Hall–Kier alpha value is -1.14. The second-order valence-corrected chi connectivity index (χ2v) is 4.86. The number of likely N-dealkylation sites (N-methyl/N-ethyl adjacent to an activating group) is 1. The lowest BCUT2D eigenvalue weighted by molar-refractivity contribution is -0.133. The summed E-state index contributed by atoms with van der Waals surface area (Å²) in [6.45, 7) is 6.66. The molecule has 1 fully saturated rings. The van der Waals surface area contributed by atoms with Gasteiger partial charge in [-0.25, -0.2) is 0 Å². The molecule has 2 amide bonds. The fourth-order valence-electron chi connectivity index (χ4n) is 2.19. The van der Waals surface area contributed by atoms with Crippen molar-refractivity contribution in [2.24, 2.45) is 5.73 Å². The molecule has 0 saturated carbocycles. The van der Waals surface area contributed by atoms with Crippen LogP contribution in [-0.4, -0.2) is 67.4 Å². The Labute approximate surface area is 115 Å². The molecule has 6 heteroatoms. The molecular formula is C13H26N4O2. The number of hydrogen-bond acceptors (Lipinski definition) is 4. The first-order valence-corrected chi connectivity index (χ1v) is 7.14. The smallest absolute Gasteiger partial charge is 0.234 e. The molecule has 110 valence electrons. The number of unbranched alkanes of at least 4 members (excludes halogenated alkanes) is 1. The first-order valence-electron chi connectivity index (χ1n) is 7.14. The van der Waals surface area contributed by atoms with Gasteiger partial charge in [0.15, 0.2) is 0 Å². The lowest BCUT2D eigenvalue weighted by Crippen LogP contribution is -2.51. The summed E-state index contributed by atoms with van der Waals surface area (Å²) in [7, 11) is 0. The zero-order valence-corrected chi connectivity index (χ0v) is 11.9. The van der Waals surface area contributed by atoms with Gasteiger partial charge in [-0.2, -0.15) is 0 Å². The minimum absolute atomic E-state index is 0.0604. The summed E-state index contributed by atoms with van der Waals surface area (Å²) >= 11 is 0. The number of nitrogens with two attached hydrogens (primary N) is 1. The standard InChI is InChI=1S/C13H26N4O2/c1-2-15-12(18)11-16-7-9-17(10-8-16)13(19)5-3-4-6-14/h2-11,14H2,1H3,(H,15,18). The van der Waals surface area contributed by atoms with Crippen LogP contribution in [0.3, 0.4) is 0 Å². The third-order valence-corrected chi connectivity index (χ3v) is 3.31. The predicted octanol–water partition coefficient (Wildman–Crippen LogP) is -0.604. The van der Waals surface area contributed by atoms with Crippen molar-refractivity contribution in [2.45, 2.75) is 26.2 Å². The molecule has 0 radical (unpaired) electrons. The number of amides is 2. The molecule has 0 spiro atoms. The molecule has 0 aromatic carbocycles. The van der Waals surface area contributed by atoms with E-state index in [2.05, 4.69) is 10.2 Å². The molecule has 1 aliphatic heterocycles. The second-order valence-electron chi connectivity index (χ2n) is 4.86. The van der Waals surface area contributed by atoms with Crippen molar-refractivity contribution in [3.8, 4) is 0 Å². The maximum absolute atomic E-state index is 11.9. The first-order chi connectivity index (χ1) is 9.17. The largest absolute Gasteiger partial charge is 0.355 e. The van der Waals surface area contributed by atoms with E-state index in [0.29, 0.717) is 26.1 Å². The summed E-state index contributed by atoms with van der Waals surface area (Å²) < 4.78 is 0. The minimum Gasteiger partial charge on any atom is -0.355 e. The highest BCUT2D eigenvalue weighted by atomic mass is 16.2. The van der Waals surface area contributed by atoms with Crippen LogP contribution in [-0.2, 0) is 9.59 Å². The Morgan fingerprint density at radius 2 is 1.84 bits per heavy atom. The van der Waals surface area contributed by atoms with Gasteiger partial charge in [0.2, 0.25) is 11.8 Å². The van der Waals surface area contributed by atoms with Crippen LogP contribution < -0.4 is 11.1 Å². The van der Waals surface area contributed by atoms with Crippen molar-refractivity contribution in [3.05, 3.63) is 0 Å². The van der Waals surface area contributed by atoms with E-state index < -0.39 is 0 Å². The van der Waals surface area contributed by atoms with E-state index in [1.54, 1.807) is 0 Å². The Bertz CT molecular complexity index is 288. The molecular weight excluding hydrogens is 244 g/mol. The predicted molar refractivity (Wildman–Crippen MR) is 74.6 cm³/mol. The normalized spacial score (nSPS) is 16.4. The van der Waals surface area contributed by atoms with E-state index >= 15 is 0 Å². The molecule has 0 unspecified atom stereocenters. The SMILES string of the molecule is CCNC(=O)CN1CCN(C(=O)CCCCN)CC1. The maximum Gasteiger partial charge on any atom is 0.234 e. The van der Waals surface area contributed by atoms with Crippen molar-refractivity contribution < 1.29 is 9.59 Å². The van der Waals surface area contributed by atoms with E-state index in [1.807, 2.05) is 11.8 Å². The van der Waals surface area contributed by atoms with Gasteiger partial charge in [0, 0.05) is 39.1 Å². The van der Waals surface area contributed by atoms with Crippen LogP contribution in [0.1, 0.15) is 26.2 Å². The van der Waals surface area contributed by atoms with E-state index in [0.717, 1.165) is 39.0 Å². The molecule has 0 atom stereocenters. The quantitative estimate of drug-likeness (QED) is 0.605. The van der Waals surface area contributed by atoms with Crippen LogP contribution in [0.4, 0.5) is 0 Å². The highest BCUT2D eigenvalue weighted by Gasteiger charge is 2.21. The third kappa shape index (κ3) is 6.02. The van der Waals surface area contributed by atoms with Gasteiger partial charge in [-0.05, 0) is 26.3 Å². The highest BCUT2D eigenvalue weighted by molar-refractivity contribution is 5.78. The van der Waals surface area contributed by atoms with E-state index in [-0.39, 0.29) is 11.8 Å². The zero-order chi connectivity index (χ0) is 14.1. The molecule has 1 rings (SSSR count). The lowest BCUT2D eigenvalue weighted by atomic mass is 10.2. The molecule has 0 aliphatic carbocycles. The molecule has 1 aliphatic rings. The van der Waals surface area contributed by atoms with Crippen molar-refractivity contribution >= 4 is 11.8 Å². The van der Waals surface area contributed by atoms with Gasteiger partial charge in [0.05, 0.1) is 6.54 Å². The van der Waals surface area contributed by atoms with Gasteiger partial charge >= 0.3 is 0 Å². The Morgan fingerprint density at radius 1 is 1.16 bits per heavy atom. The molecule has 1 saturated heterocycles. The summed E-state index contributed by atoms with van der Waals surface area (Å²) in [5, 5.41) is 2.79. The summed E-state index contributed by atoms with van der Waals surface area (Å²) in [5.41, 5.74) is 5.41. The summed E-state index contributed by atoms with van der Waals surface area (Å²) in [6, 6.07) is 0. The van der Waals surface area contributed by atoms with Gasteiger partial charge in [-0.1, -0.05) is 0 Å². The first kappa shape index (κ1) is 15.9. The monoisotopic (exact) mass is 270 g/mol. The van der Waals surface area contributed by atoms with E-state index in [9.17, 15) is 9.59 Å². The number of hydrogen-bond donors (Lipinski definition) is 2. The summed E-state index contributed by atoms with van der Waals surface area (Å²) in [5.74, 6) is 0.274. The highest BCUT2D eigenvalue weighted by Crippen LogP contribution is 2.05. The van der Waals surface area contributed by atoms with Gasteiger partial charge in [0.25, 0.3) is 0 Å². The molecule has 19 heavy (non-hydrogen) atoms. The van der Waals surface area contributed by atoms with Crippen LogP contribution >= 0.6 is 0 Å². The lowest BCUT2D eigenvalue weighted by Gasteiger charge is -2.34. The fourth-order valence-corrected chi connectivity index (χ4v) is 2.19. The van der Waals surface area contributed by atoms with E-state index in [1.165, 1.54) is 0 Å². The van der Waals surface area contributed by atoms with Crippen LogP contribution in [0.25, 0.3) is 0 Å². The Kier molecular flexibility index (Phi) is 7.43. The van der Waals surface area contributed by atoms with Crippen molar-refractivity contribution in [1.82, 2.24) is 15.1 Å². The number of rotatable bonds is 7. The summed E-state index contributed by atoms with van der Waals surface area (Å²) in [6.07, 6.45) is 2.37. The fraction of sp³-hybridized carbons (Fsp3) is 0.846. The molecule has 0 aromatic rings. The van der Waals surface area contributed by atoms with Gasteiger partial charge < -0.3 is 16.0 Å². The van der Waals surface area contributed by atoms with Crippen LogP contribution in [0.2, 0.25) is 0 Å². The van der Waals surface area contributed by atoms with Gasteiger partial charge in [-0.15, -0.1) is 0 Å². The van der Waals surface area contributed by atoms with E-state index in [4.69, 9.17) is 5.73 Å². The van der Waals surface area contributed by atoms with Crippen LogP contribution in [0, 0.1) is 0 Å². The van der Waals surface area contributed by atoms with Crippen LogP contribution in [0.5, 0.6) is 0 Å². The van der Waals surface area contributed by atoms with Crippen molar-refractivity contribution in [2.75, 3.05) is 45.8 Å². The molecule has 1 heterocycles. The van der Waals surface area contributed by atoms with Crippen molar-refractivity contribution in [1.29, 1.82) is 0 Å². The number of nitrogens with zero attached hydrogens (tertiary/aromatic N) is 2. The molecule has 6 nitrogen and oxygen atoms in total. The summed E-state index contributed by atoms with van der Waals surface area (Å²) in [4.78, 5) is 27.3. The average molecular weight is 270 g/mol. The molecule has 3 N–H and O–H groups in total. The number of carbonyl (C=O) groups excluding carboxylic acids is 2. The van der Waals surface area contributed by atoms with Crippen LogP contribution in [0.15, 0.2) is 0 Å². The van der Waals surface area contributed by atoms with Crippen molar-refractivity contribution in [3.63, 3.8) is 0 Å². The number of carbonyl (C=O) groups is 2. The molecule has 0 bridgehead atoms. The Balaban J connectivity index is 2.21. The number of piperazine rings is 1. The van der Waals surface area contributed by atoms with Gasteiger partial charge in [0.1, 0.15) is 0 Å². The topological polar surface area (TPSA) is 78.7 Å². The molecule has 0 aromatic heterocycles. The zero-order valence-electron chi connectivity index (χ0n) is 11.9. The Morgan fingerprint density at radius 3 is 2.42 bits per heavy atom. The minimum atomic E-state index is 0.0604. The second kappa shape index (κ2) is 8.87. The maximum atomic E-state index is 11.9. The average Bonchev–Trinajstić information content (AvgIpc) is 2.40. The third-order valence-electron chi connectivity index (χ3n) is 3.31. The number of nitrogens with one attached hydrogen (secondary N) is 1.